The number of nitrogens with one attached hydrogen (secondary N) is 1. The van der Waals surface area contributed by atoms with Crippen LogP contribution in [0.5, 0.6) is 0 Å². The maximum Gasteiger partial charge on any atom is 0.305 e. The second-order valence-electron chi connectivity index (χ2n) is 7.13. The zero-order chi connectivity index (χ0) is 23.3. The Balaban J connectivity index is 1.82. The van der Waals surface area contributed by atoms with E-state index in [0.29, 0.717) is 5.56 Å². The van der Waals surface area contributed by atoms with Gasteiger partial charge in [0.1, 0.15) is 9.80 Å². The third-order valence-electron chi connectivity index (χ3n) is 4.82. The van der Waals surface area contributed by atoms with E-state index in [0.717, 1.165) is 10.8 Å². The van der Waals surface area contributed by atoms with Crippen molar-refractivity contribution >= 4 is 43.7 Å². The zero-order valence-corrected chi connectivity index (χ0v) is 17.7. The molecule has 0 saturated heterocycles. The van der Waals surface area contributed by atoms with Crippen LogP contribution in [-0.4, -0.2) is 43.1 Å². The highest BCUT2D eigenvalue weighted by molar-refractivity contribution is 7.96. The van der Waals surface area contributed by atoms with E-state index < -0.39 is 40.0 Å². The highest BCUT2D eigenvalue weighted by Gasteiger charge is 2.21. The second kappa shape index (κ2) is 9.73. The van der Waals surface area contributed by atoms with Crippen molar-refractivity contribution in [2.45, 2.75) is 23.8 Å². The second-order valence-corrected chi connectivity index (χ2v) is 9.07. The standard InChI is InChI=1S/C23H22N2O6S/c24-20(14-21(26)27)23(29)25-22(28)19-8-4-3-6-16(19)11-12-32(30,31)18-10-9-15-5-1-2-7-17(15)13-18/h1-10,12-13,20H,11,14,24H2,(H,26,27)(H,30,31)(H,25,28,29)/t20-/m0/s1. The molecule has 5 N–H and O–H groups in total. The van der Waals surface area contributed by atoms with Crippen LogP contribution in [0.1, 0.15) is 22.3 Å². The number of carboxylic acids is 1. The molecule has 0 aliphatic heterocycles. The van der Waals surface area contributed by atoms with Crippen molar-refractivity contribution in [3.05, 3.63) is 77.9 Å². The van der Waals surface area contributed by atoms with E-state index in [4.69, 9.17) is 10.8 Å². The first kappa shape index (κ1) is 23.1. The number of aliphatic carboxylic acids is 1. The number of fused-ring (bicyclic) bond motifs is 1. The average molecular weight is 455 g/mol. The Kier molecular flexibility index (Phi) is 7.04. The largest absolute Gasteiger partial charge is 0.481 e. The minimum absolute atomic E-state index is 0.0128. The van der Waals surface area contributed by atoms with Gasteiger partial charge in [0.2, 0.25) is 5.91 Å². The lowest BCUT2D eigenvalue weighted by Crippen LogP contribution is -2.44. The molecule has 0 aliphatic rings. The molecular weight excluding hydrogens is 432 g/mol. The molecule has 0 aliphatic carbocycles. The van der Waals surface area contributed by atoms with Crippen LogP contribution in [0.4, 0.5) is 0 Å². The van der Waals surface area contributed by atoms with Crippen LogP contribution in [0.2, 0.25) is 0 Å². The van der Waals surface area contributed by atoms with Crippen LogP contribution in [0.25, 0.3) is 10.8 Å². The van der Waals surface area contributed by atoms with Crippen molar-refractivity contribution in [1.29, 1.82) is 0 Å². The van der Waals surface area contributed by atoms with Crippen LogP contribution >= 0.6 is 0 Å². The molecule has 3 aromatic carbocycles. The quantitative estimate of drug-likeness (QED) is 0.400. The van der Waals surface area contributed by atoms with Gasteiger partial charge in [-0.3, -0.25) is 19.7 Å². The van der Waals surface area contributed by atoms with Crippen LogP contribution in [0.15, 0.2) is 71.6 Å². The van der Waals surface area contributed by atoms with Crippen LogP contribution in [-0.2, 0) is 25.8 Å². The van der Waals surface area contributed by atoms with Gasteiger partial charge in [0.05, 0.1) is 17.4 Å². The van der Waals surface area contributed by atoms with Gasteiger partial charge in [-0.1, -0.05) is 48.5 Å². The fourth-order valence-electron chi connectivity index (χ4n) is 3.12. The molecule has 0 bridgehead atoms. The first-order valence-electron chi connectivity index (χ1n) is 9.66. The molecule has 3 rings (SSSR count). The van der Waals surface area contributed by atoms with Gasteiger partial charge < -0.3 is 15.4 Å². The minimum Gasteiger partial charge on any atom is -0.481 e. The number of carbonyl (C=O) groups is 3. The van der Waals surface area contributed by atoms with Crippen molar-refractivity contribution in [2.24, 2.45) is 5.73 Å². The van der Waals surface area contributed by atoms with Gasteiger partial charge in [-0.25, -0.2) is 4.21 Å². The van der Waals surface area contributed by atoms with Gasteiger partial charge in [0.25, 0.3) is 5.91 Å². The van der Waals surface area contributed by atoms with Crippen LogP contribution in [0, 0.1) is 0 Å². The molecule has 0 radical (unpaired) electrons. The number of nitrogens with two attached hydrogens (primary N) is 1. The molecule has 9 heteroatoms. The Morgan fingerprint density at radius 2 is 1.66 bits per heavy atom. The summed E-state index contributed by atoms with van der Waals surface area (Å²) in [6, 6.07) is 17.4. The predicted molar refractivity (Wildman–Crippen MR) is 122 cm³/mol. The van der Waals surface area contributed by atoms with Gasteiger partial charge in [0.15, 0.2) is 0 Å². The van der Waals surface area contributed by atoms with Gasteiger partial charge in [-0.15, -0.1) is 0 Å². The van der Waals surface area contributed by atoms with E-state index in [-0.39, 0.29) is 16.9 Å². The van der Waals surface area contributed by atoms with Gasteiger partial charge in [-0.05, 0) is 34.5 Å². The zero-order valence-electron chi connectivity index (χ0n) is 16.9. The molecule has 0 spiro atoms. The summed E-state index contributed by atoms with van der Waals surface area (Å²) in [7, 11) is -3.50. The summed E-state index contributed by atoms with van der Waals surface area (Å²) in [5.74, 6) is -2.95. The normalized spacial score (nSPS) is 13.7. The smallest absolute Gasteiger partial charge is 0.305 e. The number of carbonyl (C=O) groups excluding carboxylic acids is 2. The number of carboxylic acid groups (broad SMARTS) is 1. The molecule has 3 aromatic rings. The van der Waals surface area contributed by atoms with E-state index in [1.165, 1.54) is 11.4 Å². The summed E-state index contributed by atoms with van der Waals surface area (Å²) in [4.78, 5) is 35.4. The first-order valence-corrected chi connectivity index (χ1v) is 11.2. The van der Waals surface area contributed by atoms with Crippen molar-refractivity contribution in [3.8, 4) is 0 Å². The molecule has 32 heavy (non-hydrogen) atoms. The van der Waals surface area contributed by atoms with Gasteiger partial charge >= 0.3 is 5.97 Å². The Morgan fingerprint density at radius 3 is 2.38 bits per heavy atom. The molecule has 2 atom stereocenters. The summed E-state index contributed by atoms with van der Waals surface area (Å²) >= 11 is 0. The van der Waals surface area contributed by atoms with Crippen molar-refractivity contribution in [1.82, 2.24) is 5.32 Å². The van der Waals surface area contributed by atoms with E-state index >= 15 is 0 Å². The van der Waals surface area contributed by atoms with E-state index in [2.05, 4.69) is 5.32 Å². The van der Waals surface area contributed by atoms with Crippen molar-refractivity contribution in [3.63, 3.8) is 0 Å². The summed E-state index contributed by atoms with van der Waals surface area (Å²) in [5.41, 5.74) is 6.02. The number of amides is 2. The van der Waals surface area contributed by atoms with Gasteiger partial charge in [-0.2, -0.15) is 0 Å². The summed E-state index contributed by atoms with van der Waals surface area (Å²) in [6.45, 7) is 0. The Hall–Kier alpha value is -3.53. The third kappa shape index (κ3) is 5.58. The Morgan fingerprint density at radius 1 is 1.00 bits per heavy atom. The maximum absolute atomic E-state index is 12.9. The number of hydrogen-bond acceptors (Lipinski definition) is 5. The molecular formula is C23H22N2O6S. The molecule has 1 unspecified atom stereocenters. The lowest BCUT2D eigenvalue weighted by Gasteiger charge is -2.12. The molecule has 8 nitrogen and oxygen atoms in total. The fraction of sp³-hybridized carbons (Fsp3) is 0.130. The van der Waals surface area contributed by atoms with Crippen molar-refractivity contribution < 1.29 is 28.3 Å². The van der Waals surface area contributed by atoms with Crippen LogP contribution in [0.3, 0.4) is 0 Å². The molecule has 166 valence electrons. The monoisotopic (exact) mass is 454 g/mol. The summed E-state index contributed by atoms with van der Waals surface area (Å²) in [6.07, 6.45) is -0.631. The lowest BCUT2D eigenvalue weighted by atomic mass is 10.0. The Bertz CT molecular complexity index is 1310. The highest BCUT2D eigenvalue weighted by atomic mass is 32.2. The molecule has 0 heterocycles. The third-order valence-corrected chi connectivity index (χ3v) is 6.37. The summed E-state index contributed by atoms with van der Waals surface area (Å²) in [5, 5.41) is 13.8. The number of benzene rings is 3. The van der Waals surface area contributed by atoms with Crippen LogP contribution < -0.4 is 11.1 Å². The average Bonchev–Trinajstić information content (AvgIpc) is 2.77. The first-order chi connectivity index (χ1) is 15.2. The molecule has 0 aromatic heterocycles. The number of rotatable bonds is 7. The predicted octanol–water partition coefficient (Wildman–Crippen LogP) is 2.06. The fourth-order valence-corrected chi connectivity index (χ4v) is 4.28. The molecule has 0 saturated carbocycles. The molecule has 2 amide bonds. The lowest BCUT2D eigenvalue weighted by molar-refractivity contribution is -0.139. The Labute approximate surface area is 184 Å². The van der Waals surface area contributed by atoms with Crippen molar-refractivity contribution in [2.75, 3.05) is 0 Å². The summed E-state index contributed by atoms with van der Waals surface area (Å²) < 4.78 is 23.5. The topological polar surface area (TPSA) is 147 Å². The number of imide groups is 1. The van der Waals surface area contributed by atoms with E-state index in [9.17, 15) is 23.1 Å². The SMILES string of the molecule is N[C@@H](CC(=O)O)C(=O)NC(=O)c1ccccc1CC=S(=O)(O)c1ccc2ccccc2c1. The van der Waals surface area contributed by atoms with E-state index in [1.54, 1.807) is 36.4 Å². The maximum atomic E-state index is 12.9. The minimum atomic E-state index is -3.50. The van der Waals surface area contributed by atoms with E-state index in [1.807, 2.05) is 24.3 Å². The molecule has 0 fully saturated rings. The highest BCUT2D eigenvalue weighted by Crippen LogP contribution is 2.19. The van der Waals surface area contributed by atoms with Gasteiger partial charge in [0, 0.05) is 17.4 Å². The number of hydrogen-bond donors (Lipinski definition) is 4.